The Balaban J connectivity index is 1.52. The zero-order chi connectivity index (χ0) is 18.4. The highest BCUT2D eigenvalue weighted by molar-refractivity contribution is 5.96. The van der Waals surface area contributed by atoms with Crippen molar-refractivity contribution in [2.24, 2.45) is 0 Å². The minimum Gasteiger partial charge on any atom is -0.494 e. The van der Waals surface area contributed by atoms with E-state index in [1.165, 1.54) is 0 Å². The van der Waals surface area contributed by atoms with Crippen molar-refractivity contribution in [3.8, 4) is 5.75 Å². The number of pyridine rings is 1. The predicted molar refractivity (Wildman–Crippen MR) is 98.0 cm³/mol. The van der Waals surface area contributed by atoms with E-state index >= 15 is 0 Å². The van der Waals surface area contributed by atoms with Gasteiger partial charge in [0.2, 0.25) is 5.91 Å². The van der Waals surface area contributed by atoms with E-state index in [-0.39, 0.29) is 18.5 Å². The van der Waals surface area contributed by atoms with Gasteiger partial charge >= 0.3 is 6.03 Å². The lowest BCUT2D eigenvalue weighted by Gasteiger charge is -2.18. The topological polar surface area (TPSA) is 74.8 Å². The summed E-state index contributed by atoms with van der Waals surface area (Å²) in [6, 6.07) is 12.8. The number of hydrogen-bond acceptors (Lipinski definition) is 4. The maximum absolute atomic E-state index is 12.6. The maximum atomic E-state index is 12.6. The molecule has 136 valence electrons. The van der Waals surface area contributed by atoms with Crippen molar-refractivity contribution in [2.75, 3.05) is 31.1 Å². The van der Waals surface area contributed by atoms with Gasteiger partial charge in [0.15, 0.2) is 0 Å². The zero-order valence-electron chi connectivity index (χ0n) is 14.7. The number of anilines is 1. The zero-order valence-corrected chi connectivity index (χ0v) is 14.7. The number of aromatic nitrogens is 1. The number of urea groups is 1. The molecule has 1 fully saturated rings. The van der Waals surface area contributed by atoms with Crippen molar-refractivity contribution < 1.29 is 14.3 Å². The Morgan fingerprint density at radius 1 is 1.19 bits per heavy atom. The van der Waals surface area contributed by atoms with E-state index in [9.17, 15) is 9.59 Å². The average Bonchev–Trinajstić information content (AvgIpc) is 3.02. The molecule has 7 nitrogen and oxygen atoms in total. The van der Waals surface area contributed by atoms with Crippen molar-refractivity contribution >= 4 is 17.6 Å². The molecule has 2 aromatic rings. The molecule has 1 aromatic heterocycles. The van der Waals surface area contributed by atoms with Gasteiger partial charge in [-0.05, 0) is 43.3 Å². The van der Waals surface area contributed by atoms with E-state index in [0.717, 1.165) is 17.1 Å². The number of carbonyl (C=O) groups is 2. The van der Waals surface area contributed by atoms with Gasteiger partial charge in [0.05, 0.1) is 18.8 Å². The van der Waals surface area contributed by atoms with E-state index in [2.05, 4.69) is 10.3 Å². The SMILES string of the molecule is CCOc1ccc(N2CCN(CC(=O)NCc3ccccn3)C2=O)cc1. The summed E-state index contributed by atoms with van der Waals surface area (Å²) >= 11 is 0. The summed E-state index contributed by atoms with van der Waals surface area (Å²) in [5.74, 6) is 0.575. The Morgan fingerprint density at radius 2 is 2.00 bits per heavy atom. The first kappa shape index (κ1) is 17.7. The van der Waals surface area contributed by atoms with Gasteiger partial charge in [0, 0.05) is 25.0 Å². The van der Waals surface area contributed by atoms with E-state index in [1.54, 1.807) is 16.0 Å². The predicted octanol–water partition coefficient (Wildman–Crippen LogP) is 2.04. The fourth-order valence-electron chi connectivity index (χ4n) is 2.78. The number of benzene rings is 1. The number of carbonyl (C=O) groups excluding carboxylic acids is 2. The highest BCUT2D eigenvalue weighted by Crippen LogP contribution is 2.23. The molecule has 1 N–H and O–H groups in total. The lowest BCUT2D eigenvalue weighted by Crippen LogP contribution is -2.39. The summed E-state index contributed by atoms with van der Waals surface area (Å²) < 4.78 is 5.42. The summed E-state index contributed by atoms with van der Waals surface area (Å²) in [5, 5.41) is 2.79. The van der Waals surface area contributed by atoms with Crippen LogP contribution in [0.2, 0.25) is 0 Å². The smallest absolute Gasteiger partial charge is 0.325 e. The Bertz CT molecular complexity index is 749. The van der Waals surface area contributed by atoms with E-state index in [0.29, 0.717) is 26.2 Å². The second kappa shape index (κ2) is 8.33. The molecule has 1 aliphatic rings. The normalized spacial score (nSPS) is 13.8. The summed E-state index contributed by atoms with van der Waals surface area (Å²) in [6.45, 7) is 3.99. The molecule has 2 heterocycles. The lowest BCUT2D eigenvalue weighted by atomic mass is 10.3. The molecule has 3 amide bonds. The van der Waals surface area contributed by atoms with Crippen LogP contribution >= 0.6 is 0 Å². The van der Waals surface area contributed by atoms with Crippen LogP contribution in [0.1, 0.15) is 12.6 Å². The third-order valence-electron chi connectivity index (χ3n) is 4.08. The third kappa shape index (κ3) is 4.30. The number of nitrogens with one attached hydrogen (secondary N) is 1. The van der Waals surface area contributed by atoms with Crippen LogP contribution in [0.3, 0.4) is 0 Å². The van der Waals surface area contributed by atoms with Gasteiger partial charge in [-0.3, -0.25) is 14.7 Å². The lowest BCUT2D eigenvalue weighted by molar-refractivity contribution is -0.121. The fraction of sp³-hybridized carbons (Fsp3) is 0.316. The number of ether oxygens (including phenoxy) is 1. The summed E-state index contributed by atoms with van der Waals surface area (Å²) in [6.07, 6.45) is 1.68. The molecule has 3 rings (SSSR count). The van der Waals surface area contributed by atoms with Crippen LogP contribution < -0.4 is 15.0 Å². The molecule has 0 spiro atoms. The fourth-order valence-corrected chi connectivity index (χ4v) is 2.78. The summed E-state index contributed by atoms with van der Waals surface area (Å²) in [5.41, 5.74) is 1.58. The van der Waals surface area contributed by atoms with Crippen LogP contribution in [-0.4, -0.2) is 48.1 Å². The van der Waals surface area contributed by atoms with Gasteiger partial charge in [-0.1, -0.05) is 6.07 Å². The van der Waals surface area contributed by atoms with Gasteiger partial charge in [-0.2, -0.15) is 0 Å². The second-order valence-electron chi connectivity index (χ2n) is 5.88. The van der Waals surface area contributed by atoms with Gasteiger partial charge < -0.3 is 15.0 Å². The van der Waals surface area contributed by atoms with Crippen LogP contribution in [0.5, 0.6) is 5.75 Å². The summed E-state index contributed by atoms with van der Waals surface area (Å²) in [7, 11) is 0. The van der Waals surface area contributed by atoms with Crippen LogP contribution in [0.25, 0.3) is 0 Å². The molecule has 26 heavy (non-hydrogen) atoms. The van der Waals surface area contributed by atoms with Gasteiger partial charge in [-0.25, -0.2) is 4.79 Å². The first-order chi connectivity index (χ1) is 12.7. The molecule has 1 saturated heterocycles. The molecule has 0 unspecified atom stereocenters. The quantitative estimate of drug-likeness (QED) is 0.826. The number of nitrogens with zero attached hydrogens (tertiary/aromatic N) is 3. The molecular weight excluding hydrogens is 332 g/mol. The van der Waals surface area contributed by atoms with Crippen molar-refractivity contribution in [3.63, 3.8) is 0 Å². The minimum atomic E-state index is -0.197. The van der Waals surface area contributed by atoms with Crippen molar-refractivity contribution in [3.05, 3.63) is 54.4 Å². The largest absolute Gasteiger partial charge is 0.494 e. The molecule has 7 heteroatoms. The van der Waals surface area contributed by atoms with Crippen molar-refractivity contribution in [1.82, 2.24) is 15.2 Å². The molecule has 0 saturated carbocycles. The Kier molecular flexibility index (Phi) is 5.68. The minimum absolute atomic E-state index is 0.0409. The van der Waals surface area contributed by atoms with Crippen molar-refractivity contribution in [1.29, 1.82) is 0 Å². The van der Waals surface area contributed by atoms with Gasteiger partial charge in [-0.15, -0.1) is 0 Å². The van der Waals surface area contributed by atoms with Crippen LogP contribution in [-0.2, 0) is 11.3 Å². The second-order valence-corrected chi connectivity index (χ2v) is 5.88. The molecule has 1 aromatic carbocycles. The maximum Gasteiger partial charge on any atom is 0.325 e. The molecule has 1 aliphatic heterocycles. The van der Waals surface area contributed by atoms with Gasteiger partial charge in [0.1, 0.15) is 12.3 Å². The molecular formula is C19H22N4O3. The Morgan fingerprint density at radius 3 is 2.69 bits per heavy atom. The average molecular weight is 354 g/mol. The molecule has 0 atom stereocenters. The number of hydrogen-bond donors (Lipinski definition) is 1. The highest BCUT2D eigenvalue weighted by Gasteiger charge is 2.30. The standard InChI is InChI=1S/C19H22N4O3/c1-2-26-17-8-6-16(7-9-17)23-12-11-22(19(23)25)14-18(24)21-13-15-5-3-4-10-20-15/h3-10H,2,11-14H2,1H3,(H,21,24). The highest BCUT2D eigenvalue weighted by atomic mass is 16.5. The van der Waals surface area contributed by atoms with E-state index < -0.39 is 0 Å². The van der Waals surface area contributed by atoms with E-state index in [4.69, 9.17) is 4.74 Å². The molecule has 0 radical (unpaired) electrons. The molecule has 0 aliphatic carbocycles. The van der Waals surface area contributed by atoms with E-state index in [1.807, 2.05) is 49.4 Å². The van der Waals surface area contributed by atoms with Gasteiger partial charge in [0.25, 0.3) is 0 Å². The first-order valence-electron chi connectivity index (χ1n) is 8.63. The monoisotopic (exact) mass is 354 g/mol. The number of amides is 3. The van der Waals surface area contributed by atoms with Crippen LogP contribution in [0.15, 0.2) is 48.7 Å². The van der Waals surface area contributed by atoms with Crippen LogP contribution in [0.4, 0.5) is 10.5 Å². The Labute approximate surface area is 152 Å². The molecule has 0 bridgehead atoms. The Hall–Kier alpha value is -3.09. The summed E-state index contributed by atoms with van der Waals surface area (Å²) in [4.78, 5) is 32.0. The number of rotatable bonds is 7. The first-order valence-corrected chi connectivity index (χ1v) is 8.63. The van der Waals surface area contributed by atoms with Crippen molar-refractivity contribution in [2.45, 2.75) is 13.5 Å². The third-order valence-corrected chi connectivity index (χ3v) is 4.08. The van der Waals surface area contributed by atoms with Crippen LogP contribution in [0, 0.1) is 0 Å².